The number of piperazine rings is 1. The van der Waals surface area contributed by atoms with E-state index in [0.717, 1.165) is 43.0 Å². The van der Waals surface area contributed by atoms with Gasteiger partial charge in [-0.25, -0.2) is 4.98 Å². The molecule has 0 unspecified atom stereocenters. The molecule has 216 valence electrons. The minimum absolute atomic E-state index is 0.235. The summed E-state index contributed by atoms with van der Waals surface area (Å²) in [5.41, 5.74) is 5.15. The van der Waals surface area contributed by atoms with Crippen molar-refractivity contribution in [3.05, 3.63) is 102 Å². The van der Waals surface area contributed by atoms with Gasteiger partial charge in [-0.2, -0.15) is 4.98 Å². The van der Waals surface area contributed by atoms with Crippen molar-refractivity contribution in [2.75, 3.05) is 54.1 Å². The number of carbonyl (C=O) groups is 1. The van der Waals surface area contributed by atoms with Gasteiger partial charge in [0.25, 0.3) is 0 Å². The summed E-state index contributed by atoms with van der Waals surface area (Å²) in [6, 6.07) is 21.3. The number of aryl methyl sites for hydroxylation is 1. The molecule has 0 aliphatic carbocycles. The van der Waals surface area contributed by atoms with Gasteiger partial charge in [-0.15, -0.1) is 0 Å². The zero-order valence-electron chi connectivity index (χ0n) is 23.7. The summed E-state index contributed by atoms with van der Waals surface area (Å²) in [6.45, 7) is 9.87. The van der Waals surface area contributed by atoms with Gasteiger partial charge in [0.1, 0.15) is 6.61 Å². The van der Waals surface area contributed by atoms with Crippen molar-refractivity contribution < 1.29 is 9.53 Å². The topological polar surface area (TPSA) is 94.6 Å². The molecule has 9 nitrogen and oxygen atoms in total. The fourth-order valence-electron chi connectivity index (χ4n) is 4.59. The molecule has 10 heteroatoms. The van der Waals surface area contributed by atoms with Gasteiger partial charge in [0.2, 0.25) is 11.9 Å². The van der Waals surface area contributed by atoms with Crippen molar-refractivity contribution in [1.29, 1.82) is 0 Å². The van der Waals surface area contributed by atoms with E-state index in [-0.39, 0.29) is 12.5 Å². The van der Waals surface area contributed by atoms with Crippen LogP contribution in [0.15, 0.2) is 85.6 Å². The average Bonchev–Trinajstić information content (AvgIpc) is 2.99. The van der Waals surface area contributed by atoms with E-state index in [4.69, 9.17) is 21.3 Å². The van der Waals surface area contributed by atoms with Crippen LogP contribution in [0.4, 0.5) is 34.5 Å². The Morgan fingerprint density at radius 2 is 1.74 bits per heavy atom. The highest BCUT2D eigenvalue weighted by Gasteiger charge is 2.16. The summed E-state index contributed by atoms with van der Waals surface area (Å²) in [6.07, 6.45) is 2.84. The normalized spacial score (nSPS) is 13.4. The quantitative estimate of drug-likeness (QED) is 0.185. The largest absolute Gasteiger partial charge is 0.483 e. The molecule has 1 amide bonds. The van der Waals surface area contributed by atoms with Crippen LogP contribution in [0.5, 0.6) is 5.75 Å². The van der Waals surface area contributed by atoms with Crippen LogP contribution in [0.1, 0.15) is 11.1 Å². The number of carbonyl (C=O) groups excluding carboxylic acids is 1. The van der Waals surface area contributed by atoms with E-state index in [9.17, 15) is 4.79 Å². The number of anilines is 6. The highest BCUT2D eigenvalue weighted by molar-refractivity contribution is 6.31. The van der Waals surface area contributed by atoms with E-state index in [1.165, 1.54) is 11.8 Å². The third-order valence-corrected chi connectivity index (χ3v) is 7.45. The first-order valence-corrected chi connectivity index (χ1v) is 14.1. The summed E-state index contributed by atoms with van der Waals surface area (Å²) in [5.74, 6) is 0.917. The van der Waals surface area contributed by atoms with Crippen molar-refractivity contribution in [3.63, 3.8) is 0 Å². The molecule has 0 radical (unpaired) electrons. The lowest BCUT2D eigenvalue weighted by molar-refractivity contribution is -0.111. The Hall–Kier alpha value is -4.60. The maximum Gasteiger partial charge on any atom is 0.247 e. The van der Waals surface area contributed by atoms with Gasteiger partial charge in [0.05, 0.1) is 17.6 Å². The summed E-state index contributed by atoms with van der Waals surface area (Å²) < 4.78 is 6.18. The monoisotopic (exact) mass is 583 g/mol. The zero-order chi connectivity index (χ0) is 29.5. The predicted octanol–water partition coefficient (Wildman–Crippen LogP) is 6.38. The molecule has 0 saturated carbocycles. The Balaban J connectivity index is 1.39. The second-order valence-corrected chi connectivity index (χ2v) is 10.5. The lowest BCUT2D eigenvalue weighted by Gasteiger charge is -2.34. The number of benzene rings is 3. The van der Waals surface area contributed by atoms with Crippen molar-refractivity contribution in [3.8, 4) is 5.75 Å². The molecule has 0 atom stereocenters. The molecule has 3 aromatic carbocycles. The number of para-hydroxylation sites is 2. The van der Waals surface area contributed by atoms with E-state index in [1.807, 2.05) is 55.5 Å². The van der Waals surface area contributed by atoms with Crippen LogP contribution >= 0.6 is 11.6 Å². The Morgan fingerprint density at radius 1 is 1.00 bits per heavy atom. The van der Waals surface area contributed by atoms with Crippen molar-refractivity contribution >= 4 is 52.0 Å². The molecule has 1 aliphatic heterocycles. The second kappa shape index (κ2) is 13.4. The molecule has 1 aliphatic rings. The first-order valence-electron chi connectivity index (χ1n) is 13.7. The van der Waals surface area contributed by atoms with Gasteiger partial charge in [-0.05, 0) is 68.1 Å². The number of likely N-dealkylation sites (N-methyl/N-ethyl adjacent to an activating group) is 1. The fraction of sp³-hybridized carbons (Fsp3) is 0.219. The van der Waals surface area contributed by atoms with E-state index in [1.54, 1.807) is 12.3 Å². The second-order valence-electron chi connectivity index (χ2n) is 10.1. The minimum Gasteiger partial charge on any atom is -0.483 e. The van der Waals surface area contributed by atoms with Crippen LogP contribution in [-0.4, -0.2) is 54.0 Å². The van der Waals surface area contributed by atoms with Crippen LogP contribution < -0.4 is 25.6 Å². The van der Waals surface area contributed by atoms with Crippen LogP contribution in [0.25, 0.3) is 0 Å². The zero-order valence-corrected chi connectivity index (χ0v) is 24.5. The van der Waals surface area contributed by atoms with Gasteiger partial charge in [-0.1, -0.05) is 42.4 Å². The average molecular weight is 584 g/mol. The number of nitrogens with one attached hydrogen (secondary N) is 3. The van der Waals surface area contributed by atoms with Crippen LogP contribution in [0.3, 0.4) is 0 Å². The van der Waals surface area contributed by atoms with Gasteiger partial charge in [0, 0.05) is 48.1 Å². The smallest absolute Gasteiger partial charge is 0.247 e. The highest BCUT2D eigenvalue weighted by atomic mass is 35.5. The summed E-state index contributed by atoms with van der Waals surface area (Å²) >= 11 is 6.44. The summed E-state index contributed by atoms with van der Waals surface area (Å²) in [4.78, 5) is 26.0. The van der Waals surface area contributed by atoms with Gasteiger partial charge < -0.3 is 30.5 Å². The number of nitrogens with zero attached hydrogens (tertiary/aromatic N) is 4. The number of halogens is 1. The minimum atomic E-state index is -0.319. The number of amides is 1. The van der Waals surface area contributed by atoms with Crippen LogP contribution in [0, 0.1) is 6.92 Å². The Morgan fingerprint density at radius 3 is 2.45 bits per heavy atom. The lowest BCUT2D eigenvalue weighted by atomic mass is 10.1. The number of hydrogen-bond donors (Lipinski definition) is 3. The molecule has 1 saturated heterocycles. The summed E-state index contributed by atoms with van der Waals surface area (Å²) in [7, 11) is 2.15. The SMILES string of the molecule is C=CC(=O)Nc1ccccc1Nc1nc(Nc2ccc(N3CCN(C)CC3)cc2)ncc1OCc1c(C)cccc1Cl. The van der Waals surface area contributed by atoms with E-state index >= 15 is 0 Å². The van der Waals surface area contributed by atoms with Crippen LogP contribution in [0.2, 0.25) is 5.02 Å². The maximum atomic E-state index is 12.0. The lowest BCUT2D eigenvalue weighted by Crippen LogP contribution is -2.44. The molecule has 42 heavy (non-hydrogen) atoms. The van der Waals surface area contributed by atoms with Crippen molar-refractivity contribution in [2.45, 2.75) is 13.5 Å². The fourth-order valence-corrected chi connectivity index (χ4v) is 4.86. The van der Waals surface area contributed by atoms with Crippen LogP contribution in [-0.2, 0) is 11.4 Å². The van der Waals surface area contributed by atoms with E-state index in [0.29, 0.717) is 33.9 Å². The third-order valence-electron chi connectivity index (χ3n) is 7.10. The van der Waals surface area contributed by atoms with Gasteiger partial charge in [0.15, 0.2) is 11.6 Å². The number of aromatic nitrogens is 2. The number of ether oxygens (including phenoxy) is 1. The molecule has 2 heterocycles. The molecule has 5 rings (SSSR count). The van der Waals surface area contributed by atoms with Gasteiger partial charge >= 0.3 is 0 Å². The highest BCUT2D eigenvalue weighted by Crippen LogP contribution is 2.32. The first-order chi connectivity index (χ1) is 20.4. The molecule has 0 bridgehead atoms. The summed E-state index contributed by atoms with van der Waals surface area (Å²) in [5, 5.41) is 10.0. The maximum absolute atomic E-state index is 12.0. The molecule has 1 fully saturated rings. The van der Waals surface area contributed by atoms with Gasteiger partial charge in [-0.3, -0.25) is 4.79 Å². The number of rotatable bonds is 10. The molecule has 1 aromatic heterocycles. The Kier molecular flexibility index (Phi) is 9.21. The molecular weight excluding hydrogens is 550 g/mol. The van der Waals surface area contributed by atoms with E-state index in [2.05, 4.69) is 56.5 Å². The first kappa shape index (κ1) is 28.9. The molecular formula is C32H34ClN7O2. The van der Waals surface area contributed by atoms with Crippen molar-refractivity contribution in [2.24, 2.45) is 0 Å². The standard InChI is InChI=1S/C32H34ClN7O2/c1-4-30(41)36-27-10-5-6-11-28(27)37-31-29(42-21-25-22(2)8-7-9-26(25)33)20-34-32(38-31)35-23-12-14-24(15-13-23)40-18-16-39(3)17-19-40/h4-15,20H,1,16-19,21H2,2-3H3,(H,36,41)(H2,34,35,37,38). The molecule has 3 N–H and O–H groups in total. The third kappa shape index (κ3) is 7.18. The molecule has 4 aromatic rings. The Bertz CT molecular complexity index is 1530. The molecule has 0 spiro atoms. The van der Waals surface area contributed by atoms with E-state index < -0.39 is 0 Å². The number of hydrogen-bond acceptors (Lipinski definition) is 8. The predicted molar refractivity (Wildman–Crippen MR) is 171 cm³/mol. The Labute approximate surface area is 251 Å². The van der Waals surface area contributed by atoms with Crippen molar-refractivity contribution in [1.82, 2.24) is 14.9 Å².